The van der Waals surface area contributed by atoms with Crippen LogP contribution in [-0.2, 0) is 0 Å². The van der Waals surface area contributed by atoms with Crippen LogP contribution in [0.15, 0.2) is 47.6 Å². The molecular weight excluding hydrogens is 260 g/mol. The molecule has 2 aromatic rings. The van der Waals surface area contributed by atoms with Crippen molar-refractivity contribution in [3.05, 3.63) is 70.3 Å². The Morgan fingerprint density at radius 1 is 0.905 bits per heavy atom. The van der Waals surface area contributed by atoms with Crippen LogP contribution in [-0.4, -0.2) is 11.6 Å². The average Bonchev–Trinajstić information content (AvgIpc) is 2.48. The Balaban J connectivity index is 2.10. The maximum atomic E-state index is 12.1. The largest absolute Gasteiger partial charge is 0.271 e. The van der Waals surface area contributed by atoms with E-state index in [1.54, 1.807) is 0 Å². The van der Waals surface area contributed by atoms with Crippen LogP contribution in [0.25, 0.3) is 0 Å². The van der Waals surface area contributed by atoms with E-state index in [9.17, 15) is 4.79 Å². The summed E-state index contributed by atoms with van der Waals surface area (Å²) in [5.74, 6) is -0.190. The van der Waals surface area contributed by atoms with Crippen LogP contribution < -0.4 is 5.43 Å². The third kappa shape index (κ3) is 3.78. The van der Waals surface area contributed by atoms with E-state index in [4.69, 9.17) is 0 Å². The molecular formula is C18H20N2O. The van der Waals surface area contributed by atoms with Gasteiger partial charge in [-0.3, -0.25) is 4.79 Å². The number of rotatable bonds is 3. The number of amides is 1. The van der Waals surface area contributed by atoms with Crippen molar-refractivity contribution >= 4 is 11.6 Å². The smallest absolute Gasteiger partial charge is 0.267 e. The molecule has 0 fully saturated rings. The van der Waals surface area contributed by atoms with Gasteiger partial charge in [-0.2, -0.15) is 5.10 Å². The van der Waals surface area contributed by atoms with Gasteiger partial charge in [0.15, 0.2) is 0 Å². The van der Waals surface area contributed by atoms with Crippen LogP contribution in [0.1, 0.15) is 39.5 Å². The lowest BCUT2D eigenvalue weighted by molar-refractivity contribution is 0.0954. The zero-order chi connectivity index (χ0) is 15.4. The topological polar surface area (TPSA) is 41.5 Å². The molecule has 2 aromatic carbocycles. The minimum Gasteiger partial charge on any atom is -0.267 e. The Labute approximate surface area is 125 Å². The summed E-state index contributed by atoms with van der Waals surface area (Å²) in [7, 11) is 0. The van der Waals surface area contributed by atoms with E-state index < -0.39 is 0 Å². The number of nitrogens with one attached hydrogen (secondary N) is 1. The van der Waals surface area contributed by atoms with Crippen LogP contribution >= 0.6 is 0 Å². The van der Waals surface area contributed by atoms with E-state index in [1.807, 2.05) is 70.2 Å². The first-order valence-corrected chi connectivity index (χ1v) is 6.96. The maximum Gasteiger partial charge on any atom is 0.271 e. The Bertz CT molecular complexity index is 685. The Morgan fingerprint density at radius 2 is 1.52 bits per heavy atom. The number of aryl methyl sites for hydroxylation is 3. The lowest BCUT2D eigenvalue weighted by Gasteiger charge is -2.05. The fourth-order valence-corrected chi connectivity index (χ4v) is 1.94. The quantitative estimate of drug-likeness (QED) is 0.675. The SMILES string of the molecule is C/C(=N\NC(=O)c1ccc(C)c(C)c1)c1ccc(C)cc1. The zero-order valence-electron chi connectivity index (χ0n) is 12.9. The van der Waals surface area contributed by atoms with Gasteiger partial charge in [0, 0.05) is 5.56 Å². The average molecular weight is 280 g/mol. The summed E-state index contributed by atoms with van der Waals surface area (Å²) in [6.07, 6.45) is 0. The molecule has 0 bridgehead atoms. The lowest BCUT2D eigenvalue weighted by Crippen LogP contribution is -2.19. The fourth-order valence-electron chi connectivity index (χ4n) is 1.94. The highest BCUT2D eigenvalue weighted by atomic mass is 16.2. The van der Waals surface area contributed by atoms with Crippen LogP contribution in [0.3, 0.4) is 0 Å². The summed E-state index contributed by atoms with van der Waals surface area (Å²) in [5, 5.41) is 4.17. The summed E-state index contributed by atoms with van der Waals surface area (Å²) in [6, 6.07) is 13.7. The lowest BCUT2D eigenvalue weighted by atomic mass is 10.1. The highest BCUT2D eigenvalue weighted by Gasteiger charge is 2.06. The summed E-state index contributed by atoms with van der Waals surface area (Å²) >= 11 is 0. The molecule has 0 aliphatic heterocycles. The van der Waals surface area contributed by atoms with Gasteiger partial charge in [-0.25, -0.2) is 5.43 Å². The summed E-state index contributed by atoms with van der Waals surface area (Å²) in [4.78, 5) is 12.1. The molecule has 2 rings (SSSR count). The number of hydrogen-bond donors (Lipinski definition) is 1. The second kappa shape index (κ2) is 6.35. The zero-order valence-corrected chi connectivity index (χ0v) is 12.9. The van der Waals surface area contributed by atoms with Crippen molar-refractivity contribution in [2.24, 2.45) is 5.10 Å². The molecule has 0 aromatic heterocycles. The molecule has 0 heterocycles. The van der Waals surface area contributed by atoms with Gasteiger partial charge in [-0.15, -0.1) is 0 Å². The molecule has 0 unspecified atom stereocenters. The second-order valence-electron chi connectivity index (χ2n) is 5.30. The maximum absolute atomic E-state index is 12.1. The normalized spacial score (nSPS) is 11.3. The number of benzene rings is 2. The van der Waals surface area contributed by atoms with E-state index in [2.05, 4.69) is 10.5 Å². The Hall–Kier alpha value is -2.42. The number of nitrogens with zero attached hydrogens (tertiary/aromatic N) is 1. The van der Waals surface area contributed by atoms with Gasteiger partial charge in [0.2, 0.25) is 0 Å². The van der Waals surface area contributed by atoms with E-state index >= 15 is 0 Å². The third-order valence-corrected chi connectivity index (χ3v) is 3.56. The van der Waals surface area contributed by atoms with Crippen LogP contribution in [0.2, 0.25) is 0 Å². The number of carbonyl (C=O) groups excluding carboxylic acids is 1. The highest BCUT2D eigenvalue weighted by Crippen LogP contribution is 2.10. The fraction of sp³-hybridized carbons (Fsp3) is 0.222. The number of hydrogen-bond acceptors (Lipinski definition) is 2. The standard InChI is InChI=1S/C18H20N2O/c1-12-5-8-16(9-6-12)15(4)19-20-18(21)17-10-7-13(2)14(3)11-17/h5-11H,1-4H3,(H,20,21)/b19-15+. The van der Waals surface area contributed by atoms with E-state index in [0.29, 0.717) is 5.56 Å². The molecule has 3 nitrogen and oxygen atoms in total. The molecule has 108 valence electrons. The van der Waals surface area contributed by atoms with E-state index in [-0.39, 0.29) is 5.91 Å². The predicted octanol–water partition coefficient (Wildman–Crippen LogP) is 3.77. The monoisotopic (exact) mass is 280 g/mol. The first kappa shape index (κ1) is 15.0. The molecule has 21 heavy (non-hydrogen) atoms. The Kier molecular flexibility index (Phi) is 4.53. The van der Waals surface area contributed by atoms with Crippen molar-refractivity contribution in [1.82, 2.24) is 5.43 Å². The molecule has 0 radical (unpaired) electrons. The Morgan fingerprint density at radius 3 is 2.14 bits per heavy atom. The summed E-state index contributed by atoms with van der Waals surface area (Å²) < 4.78 is 0. The molecule has 1 N–H and O–H groups in total. The van der Waals surface area contributed by atoms with Gasteiger partial charge in [-0.1, -0.05) is 35.9 Å². The molecule has 0 saturated heterocycles. The van der Waals surface area contributed by atoms with E-state index in [1.165, 1.54) is 11.1 Å². The minimum absolute atomic E-state index is 0.190. The van der Waals surface area contributed by atoms with Gasteiger partial charge in [0.05, 0.1) is 5.71 Å². The van der Waals surface area contributed by atoms with Gasteiger partial charge < -0.3 is 0 Å². The third-order valence-electron chi connectivity index (χ3n) is 3.56. The van der Waals surface area contributed by atoms with Crippen molar-refractivity contribution in [2.45, 2.75) is 27.7 Å². The van der Waals surface area contributed by atoms with Gasteiger partial charge in [-0.05, 0) is 56.5 Å². The highest BCUT2D eigenvalue weighted by molar-refractivity contribution is 6.00. The van der Waals surface area contributed by atoms with Gasteiger partial charge in [0.1, 0.15) is 0 Å². The first-order valence-electron chi connectivity index (χ1n) is 6.96. The van der Waals surface area contributed by atoms with Crippen molar-refractivity contribution in [3.63, 3.8) is 0 Å². The molecule has 0 spiro atoms. The predicted molar refractivity (Wildman–Crippen MR) is 86.8 cm³/mol. The van der Waals surface area contributed by atoms with Crippen molar-refractivity contribution in [2.75, 3.05) is 0 Å². The van der Waals surface area contributed by atoms with Gasteiger partial charge >= 0.3 is 0 Å². The van der Waals surface area contributed by atoms with Crippen LogP contribution in [0, 0.1) is 20.8 Å². The number of carbonyl (C=O) groups is 1. The van der Waals surface area contributed by atoms with Crippen molar-refractivity contribution < 1.29 is 4.79 Å². The second-order valence-corrected chi connectivity index (χ2v) is 5.30. The number of hydrazone groups is 1. The van der Waals surface area contributed by atoms with Crippen LogP contribution in [0.5, 0.6) is 0 Å². The molecule has 0 saturated carbocycles. The minimum atomic E-state index is -0.190. The molecule has 3 heteroatoms. The van der Waals surface area contributed by atoms with Gasteiger partial charge in [0.25, 0.3) is 5.91 Å². The summed E-state index contributed by atoms with van der Waals surface area (Å²) in [6.45, 7) is 7.94. The molecule has 0 aliphatic carbocycles. The molecule has 1 amide bonds. The van der Waals surface area contributed by atoms with Crippen LogP contribution in [0.4, 0.5) is 0 Å². The van der Waals surface area contributed by atoms with Crippen molar-refractivity contribution in [3.8, 4) is 0 Å². The van der Waals surface area contributed by atoms with Crippen molar-refractivity contribution in [1.29, 1.82) is 0 Å². The summed E-state index contributed by atoms with van der Waals surface area (Å²) in [5.41, 5.74) is 8.49. The molecule has 0 aliphatic rings. The van der Waals surface area contributed by atoms with E-state index in [0.717, 1.165) is 16.8 Å². The first-order chi connectivity index (χ1) is 9.97. The molecule has 0 atom stereocenters.